The molecule has 0 bridgehead atoms. The van der Waals surface area contributed by atoms with Crippen molar-refractivity contribution in [2.24, 2.45) is 5.92 Å². The van der Waals surface area contributed by atoms with E-state index < -0.39 is 0 Å². The third-order valence-electron chi connectivity index (χ3n) is 3.10. The molecule has 6 heteroatoms. The van der Waals surface area contributed by atoms with Crippen molar-refractivity contribution >= 4 is 23.3 Å². The number of carbonyl (C=O) groups is 1. The Morgan fingerprint density at radius 2 is 2.05 bits per heavy atom. The third-order valence-corrected chi connectivity index (χ3v) is 3.29. The zero-order chi connectivity index (χ0) is 16.0. The summed E-state index contributed by atoms with van der Waals surface area (Å²) in [4.78, 5) is 18.6. The number of hydrogen-bond donors (Lipinski definition) is 2. The van der Waals surface area contributed by atoms with E-state index in [0.717, 1.165) is 13.1 Å². The number of pyridine rings is 1. The molecule has 0 aliphatic heterocycles. The summed E-state index contributed by atoms with van der Waals surface area (Å²) in [5.41, 5.74) is 0.523. The zero-order valence-corrected chi connectivity index (χ0v) is 14.2. The molecule has 1 aromatic heterocycles. The van der Waals surface area contributed by atoms with Gasteiger partial charge in [0.15, 0.2) is 0 Å². The highest BCUT2D eigenvalue weighted by molar-refractivity contribution is 6.29. The number of carbonyl (C=O) groups excluding carboxylic acids is 1. The van der Waals surface area contributed by atoms with Crippen LogP contribution in [0, 0.1) is 5.92 Å². The molecule has 1 heterocycles. The van der Waals surface area contributed by atoms with Crippen molar-refractivity contribution in [2.45, 2.75) is 26.8 Å². The van der Waals surface area contributed by atoms with Gasteiger partial charge in [0, 0.05) is 24.7 Å². The van der Waals surface area contributed by atoms with Crippen LogP contribution in [0.5, 0.6) is 0 Å². The number of halogens is 1. The average Bonchev–Trinajstić information content (AvgIpc) is 2.36. The Bertz CT molecular complexity index is 477. The molecule has 1 unspecified atom stereocenters. The molecule has 2 N–H and O–H groups in total. The van der Waals surface area contributed by atoms with Crippen LogP contribution in [-0.4, -0.2) is 49.0 Å². The molecule has 21 heavy (non-hydrogen) atoms. The molecule has 0 saturated heterocycles. The molecule has 0 fully saturated rings. The lowest BCUT2D eigenvalue weighted by molar-refractivity contribution is 0.0916. The Morgan fingerprint density at radius 1 is 1.38 bits per heavy atom. The summed E-state index contributed by atoms with van der Waals surface area (Å²) in [6, 6.07) is 3.39. The van der Waals surface area contributed by atoms with E-state index in [1.165, 1.54) is 0 Å². The van der Waals surface area contributed by atoms with Crippen LogP contribution in [0.2, 0.25) is 5.15 Å². The first-order valence-corrected chi connectivity index (χ1v) is 7.58. The van der Waals surface area contributed by atoms with Crippen LogP contribution in [0.4, 0.5) is 5.82 Å². The van der Waals surface area contributed by atoms with E-state index in [1.807, 2.05) is 21.0 Å². The van der Waals surface area contributed by atoms with Crippen molar-refractivity contribution in [3.05, 3.63) is 22.8 Å². The van der Waals surface area contributed by atoms with Crippen LogP contribution in [0.15, 0.2) is 12.1 Å². The smallest absolute Gasteiger partial charge is 0.251 e. The quantitative estimate of drug-likeness (QED) is 0.760. The van der Waals surface area contributed by atoms with Gasteiger partial charge < -0.3 is 15.5 Å². The van der Waals surface area contributed by atoms with Crippen LogP contribution in [-0.2, 0) is 0 Å². The summed E-state index contributed by atoms with van der Waals surface area (Å²) < 4.78 is 0. The van der Waals surface area contributed by atoms with E-state index in [9.17, 15) is 4.79 Å². The fourth-order valence-electron chi connectivity index (χ4n) is 1.97. The third kappa shape index (κ3) is 5.89. The number of rotatable bonds is 7. The highest BCUT2D eigenvalue weighted by Gasteiger charge is 2.18. The van der Waals surface area contributed by atoms with Crippen molar-refractivity contribution in [3.8, 4) is 0 Å². The first-order valence-electron chi connectivity index (χ1n) is 7.20. The lowest BCUT2D eigenvalue weighted by atomic mass is 10.0. The Kier molecular flexibility index (Phi) is 6.92. The molecule has 1 amide bonds. The summed E-state index contributed by atoms with van der Waals surface area (Å²) in [6.45, 7) is 7.68. The standard InChI is InChI=1S/C15H25ClN4O/c1-6-17-14-8-11(7-13(16)19-14)15(21)18-12(10(2)3)9-20(4)5/h7-8,10,12H,6,9H2,1-5H3,(H,17,19)(H,18,21). The van der Waals surface area contributed by atoms with Crippen LogP contribution < -0.4 is 10.6 Å². The molecule has 5 nitrogen and oxygen atoms in total. The van der Waals surface area contributed by atoms with Gasteiger partial charge in [0.1, 0.15) is 11.0 Å². The number of aromatic nitrogens is 1. The molecule has 0 aromatic carbocycles. The first kappa shape index (κ1) is 17.7. The Morgan fingerprint density at radius 3 is 2.57 bits per heavy atom. The van der Waals surface area contributed by atoms with Gasteiger partial charge in [0.05, 0.1) is 0 Å². The summed E-state index contributed by atoms with van der Waals surface area (Å²) >= 11 is 5.97. The maximum atomic E-state index is 12.4. The molecule has 1 rings (SSSR count). The van der Waals surface area contributed by atoms with Gasteiger partial charge in [0.2, 0.25) is 0 Å². The predicted octanol–water partition coefficient (Wildman–Crippen LogP) is 2.48. The molecule has 0 aliphatic carbocycles. The van der Waals surface area contributed by atoms with E-state index >= 15 is 0 Å². The number of anilines is 1. The van der Waals surface area contributed by atoms with Gasteiger partial charge in [-0.3, -0.25) is 4.79 Å². The molecule has 0 aliphatic rings. The van der Waals surface area contributed by atoms with Crippen molar-refractivity contribution in [1.82, 2.24) is 15.2 Å². The summed E-state index contributed by atoms with van der Waals surface area (Å²) in [5, 5.41) is 6.45. The van der Waals surface area contributed by atoms with Gasteiger partial charge in [-0.15, -0.1) is 0 Å². The van der Waals surface area contributed by atoms with Crippen molar-refractivity contribution < 1.29 is 4.79 Å². The van der Waals surface area contributed by atoms with Crippen molar-refractivity contribution in [1.29, 1.82) is 0 Å². The molecule has 118 valence electrons. The summed E-state index contributed by atoms with van der Waals surface area (Å²) in [6.07, 6.45) is 0. The van der Waals surface area contributed by atoms with Gasteiger partial charge in [-0.2, -0.15) is 0 Å². The fourth-order valence-corrected chi connectivity index (χ4v) is 2.18. The summed E-state index contributed by atoms with van der Waals surface area (Å²) in [5.74, 6) is 0.838. The lowest BCUT2D eigenvalue weighted by Gasteiger charge is -2.25. The minimum absolute atomic E-state index is 0.0852. The Balaban J connectivity index is 2.86. The van der Waals surface area contributed by atoms with Gasteiger partial charge in [-0.05, 0) is 39.1 Å². The van der Waals surface area contributed by atoms with E-state index in [4.69, 9.17) is 11.6 Å². The molecule has 1 atom stereocenters. The average molecular weight is 313 g/mol. The fraction of sp³-hybridized carbons (Fsp3) is 0.600. The first-order chi connectivity index (χ1) is 9.83. The highest BCUT2D eigenvalue weighted by Crippen LogP contribution is 2.15. The van der Waals surface area contributed by atoms with Crippen LogP contribution in [0.3, 0.4) is 0 Å². The van der Waals surface area contributed by atoms with Gasteiger partial charge in [-0.25, -0.2) is 4.98 Å². The minimum atomic E-state index is -0.126. The molecular formula is C15H25ClN4O. The van der Waals surface area contributed by atoms with Crippen molar-refractivity contribution in [2.75, 3.05) is 32.5 Å². The monoisotopic (exact) mass is 312 g/mol. The molecule has 0 saturated carbocycles. The number of nitrogens with one attached hydrogen (secondary N) is 2. The maximum Gasteiger partial charge on any atom is 0.251 e. The SMILES string of the molecule is CCNc1cc(C(=O)NC(CN(C)C)C(C)C)cc(Cl)n1. The van der Waals surface area contributed by atoms with E-state index in [0.29, 0.717) is 22.5 Å². The maximum absolute atomic E-state index is 12.4. The Labute approximate surface area is 132 Å². The van der Waals surface area contributed by atoms with E-state index in [-0.39, 0.29) is 11.9 Å². The van der Waals surface area contributed by atoms with E-state index in [2.05, 4.69) is 34.4 Å². The second-order valence-electron chi connectivity index (χ2n) is 5.68. The van der Waals surface area contributed by atoms with Crippen LogP contribution >= 0.6 is 11.6 Å². The molecule has 0 spiro atoms. The van der Waals surface area contributed by atoms with Gasteiger partial charge in [0.25, 0.3) is 5.91 Å². The van der Waals surface area contributed by atoms with Gasteiger partial charge in [-0.1, -0.05) is 25.4 Å². The van der Waals surface area contributed by atoms with Gasteiger partial charge >= 0.3 is 0 Å². The second-order valence-corrected chi connectivity index (χ2v) is 6.07. The number of amides is 1. The van der Waals surface area contributed by atoms with Crippen molar-refractivity contribution in [3.63, 3.8) is 0 Å². The topological polar surface area (TPSA) is 57.3 Å². The summed E-state index contributed by atoms with van der Waals surface area (Å²) in [7, 11) is 3.99. The number of hydrogen-bond acceptors (Lipinski definition) is 4. The molecular weight excluding hydrogens is 288 g/mol. The second kappa shape index (κ2) is 8.20. The largest absolute Gasteiger partial charge is 0.370 e. The lowest BCUT2D eigenvalue weighted by Crippen LogP contribution is -2.45. The molecule has 1 aromatic rings. The minimum Gasteiger partial charge on any atom is -0.370 e. The highest BCUT2D eigenvalue weighted by atomic mass is 35.5. The predicted molar refractivity (Wildman–Crippen MR) is 88.1 cm³/mol. The number of likely N-dealkylation sites (N-methyl/N-ethyl adjacent to an activating group) is 1. The van der Waals surface area contributed by atoms with E-state index in [1.54, 1.807) is 12.1 Å². The molecule has 0 radical (unpaired) electrons. The number of nitrogens with zero attached hydrogens (tertiary/aromatic N) is 2. The van der Waals surface area contributed by atoms with Crippen LogP contribution in [0.1, 0.15) is 31.1 Å². The zero-order valence-electron chi connectivity index (χ0n) is 13.4. The normalized spacial score (nSPS) is 12.6. The van der Waals surface area contributed by atoms with Crippen LogP contribution in [0.25, 0.3) is 0 Å². The Hall–Kier alpha value is -1.33.